The molecular formula is C25H27NO3S. The van der Waals surface area contributed by atoms with Crippen LogP contribution >= 0.6 is 11.8 Å². The first-order valence-electron chi connectivity index (χ1n) is 10.8. The first kappa shape index (κ1) is 19.7. The van der Waals surface area contributed by atoms with E-state index in [1.807, 2.05) is 12.1 Å². The zero-order valence-electron chi connectivity index (χ0n) is 17.2. The van der Waals surface area contributed by atoms with Gasteiger partial charge in [-0.1, -0.05) is 0 Å². The molecule has 2 aromatic rings. The third kappa shape index (κ3) is 3.43. The van der Waals surface area contributed by atoms with Crippen LogP contribution in [0.15, 0.2) is 47.4 Å². The molecular weight excluding hydrogens is 394 g/mol. The number of thioether (sulfide) groups is 1. The van der Waals surface area contributed by atoms with Crippen LogP contribution < -0.4 is 10.5 Å². The Morgan fingerprint density at radius 1 is 0.933 bits per heavy atom. The van der Waals surface area contributed by atoms with Crippen LogP contribution in [0.4, 0.5) is 0 Å². The maximum absolute atomic E-state index is 13.0. The maximum atomic E-state index is 13.0. The predicted molar refractivity (Wildman–Crippen MR) is 118 cm³/mol. The lowest BCUT2D eigenvalue weighted by Gasteiger charge is -2.57. The summed E-state index contributed by atoms with van der Waals surface area (Å²) in [7, 11) is 1.73. The van der Waals surface area contributed by atoms with Gasteiger partial charge in [-0.15, -0.1) is 0 Å². The standard InChI is InChI=1S/C25H27NO3S/c1-29-22-7-4-19(24(28)30-20-5-2-18(3-6-20)23(26)27)11-21(22)25-12-15-8-16(13-25)10-17(9-15)14-25/h2-7,11,15-17H,8-10,12-14H2,1H3,(H2,26,27). The average Bonchev–Trinajstić information content (AvgIpc) is 2.72. The SMILES string of the molecule is COc1ccc(C(=O)Sc2ccc(C(N)=O)cc2)cc1C12CC3CC(CC(C3)C1)C2. The van der Waals surface area contributed by atoms with Gasteiger partial charge in [-0.3, -0.25) is 9.59 Å². The minimum absolute atomic E-state index is 0.00968. The van der Waals surface area contributed by atoms with Crippen molar-refractivity contribution in [2.75, 3.05) is 7.11 Å². The van der Waals surface area contributed by atoms with E-state index in [2.05, 4.69) is 6.07 Å². The van der Waals surface area contributed by atoms with Gasteiger partial charge in [0.05, 0.1) is 7.11 Å². The Kier molecular flexibility index (Phi) is 4.89. The number of rotatable bonds is 5. The molecule has 0 heterocycles. The summed E-state index contributed by atoms with van der Waals surface area (Å²) < 4.78 is 5.76. The third-order valence-corrected chi connectivity index (χ3v) is 8.32. The lowest BCUT2D eigenvalue weighted by Crippen LogP contribution is -2.48. The number of carbonyl (C=O) groups is 2. The summed E-state index contributed by atoms with van der Waals surface area (Å²) in [6.07, 6.45) is 7.85. The smallest absolute Gasteiger partial charge is 0.248 e. The number of amides is 1. The van der Waals surface area contributed by atoms with E-state index in [9.17, 15) is 9.59 Å². The second-order valence-corrected chi connectivity index (χ2v) is 10.4. The van der Waals surface area contributed by atoms with E-state index in [0.717, 1.165) is 28.4 Å². The van der Waals surface area contributed by atoms with Crippen molar-refractivity contribution in [2.45, 2.75) is 48.8 Å². The van der Waals surface area contributed by atoms with Crippen LogP contribution in [-0.2, 0) is 5.41 Å². The summed E-state index contributed by atoms with van der Waals surface area (Å²) in [5.74, 6) is 2.95. The number of benzene rings is 2. The fourth-order valence-electron chi connectivity index (χ4n) is 6.54. The van der Waals surface area contributed by atoms with Gasteiger partial charge in [-0.25, -0.2) is 0 Å². The molecule has 0 saturated heterocycles. The van der Waals surface area contributed by atoms with Crippen molar-refractivity contribution < 1.29 is 14.3 Å². The van der Waals surface area contributed by atoms with Crippen LogP contribution in [0.2, 0.25) is 0 Å². The van der Waals surface area contributed by atoms with Crippen molar-refractivity contribution in [1.29, 1.82) is 0 Å². The van der Waals surface area contributed by atoms with Crippen molar-refractivity contribution in [3.63, 3.8) is 0 Å². The molecule has 1 amide bonds. The van der Waals surface area contributed by atoms with Crippen LogP contribution in [-0.4, -0.2) is 18.1 Å². The number of methoxy groups -OCH3 is 1. The molecule has 4 nitrogen and oxygen atoms in total. The van der Waals surface area contributed by atoms with Crippen molar-refractivity contribution in [1.82, 2.24) is 0 Å². The molecule has 0 atom stereocenters. The van der Waals surface area contributed by atoms with Gasteiger partial charge in [0.2, 0.25) is 11.0 Å². The number of primary amides is 1. The van der Waals surface area contributed by atoms with Crippen molar-refractivity contribution in [2.24, 2.45) is 23.5 Å². The summed E-state index contributed by atoms with van der Waals surface area (Å²) in [5, 5.41) is 0.00968. The minimum Gasteiger partial charge on any atom is -0.496 e. The summed E-state index contributed by atoms with van der Waals surface area (Å²) in [4.78, 5) is 25.1. The Hall–Kier alpha value is -2.27. The molecule has 4 aliphatic carbocycles. The third-order valence-electron chi connectivity index (χ3n) is 7.39. The molecule has 2 N–H and O–H groups in total. The van der Waals surface area contributed by atoms with Gasteiger partial charge < -0.3 is 10.5 Å². The highest BCUT2D eigenvalue weighted by atomic mass is 32.2. The van der Waals surface area contributed by atoms with E-state index >= 15 is 0 Å². The minimum atomic E-state index is -0.465. The summed E-state index contributed by atoms with van der Waals surface area (Å²) in [6.45, 7) is 0. The van der Waals surface area contributed by atoms with Crippen LogP contribution in [0.5, 0.6) is 5.75 Å². The molecule has 0 aromatic heterocycles. The molecule has 2 aromatic carbocycles. The van der Waals surface area contributed by atoms with Gasteiger partial charge in [0, 0.05) is 21.6 Å². The normalized spacial score (nSPS) is 29.0. The lowest BCUT2D eigenvalue weighted by molar-refractivity contribution is -0.00617. The van der Waals surface area contributed by atoms with Crippen molar-refractivity contribution >= 4 is 22.8 Å². The predicted octanol–water partition coefficient (Wildman–Crippen LogP) is 5.19. The monoisotopic (exact) mass is 421 g/mol. The van der Waals surface area contributed by atoms with Gasteiger partial charge in [-0.2, -0.15) is 0 Å². The quantitative estimate of drug-likeness (QED) is 0.674. The Labute approximate surface area is 181 Å². The molecule has 4 bridgehead atoms. The highest BCUT2D eigenvalue weighted by Crippen LogP contribution is 2.62. The van der Waals surface area contributed by atoms with Crippen molar-refractivity contribution in [3.05, 3.63) is 59.2 Å². The molecule has 4 fully saturated rings. The Morgan fingerprint density at radius 3 is 2.03 bits per heavy atom. The number of ether oxygens (including phenoxy) is 1. The molecule has 156 valence electrons. The van der Waals surface area contributed by atoms with Gasteiger partial charge in [0.1, 0.15) is 5.75 Å². The number of nitrogens with two attached hydrogens (primary N) is 1. The lowest BCUT2D eigenvalue weighted by atomic mass is 9.48. The largest absolute Gasteiger partial charge is 0.496 e. The molecule has 5 heteroatoms. The summed E-state index contributed by atoms with van der Waals surface area (Å²) in [5.41, 5.74) is 7.86. The van der Waals surface area contributed by atoms with E-state index in [-0.39, 0.29) is 10.5 Å². The van der Waals surface area contributed by atoms with Crippen LogP contribution in [0, 0.1) is 17.8 Å². The molecule has 4 aliphatic rings. The molecule has 0 unspecified atom stereocenters. The highest BCUT2D eigenvalue weighted by molar-refractivity contribution is 8.14. The van der Waals surface area contributed by atoms with Gasteiger partial charge in [-0.05, 0) is 116 Å². The van der Waals surface area contributed by atoms with E-state index in [4.69, 9.17) is 10.5 Å². The topological polar surface area (TPSA) is 69.4 Å². The maximum Gasteiger partial charge on any atom is 0.248 e. The number of carbonyl (C=O) groups excluding carboxylic acids is 2. The average molecular weight is 422 g/mol. The van der Waals surface area contributed by atoms with Gasteiger partial charge in [0.15, 0.2) is 0 Å². The van der Waals surface area contributed by atoms with E-state index < -0.39 is 5.91 Å². The van der Waals surface area contributed by atoms with Crippen LogP contribution in [0.25, 0.3) is 0 Å². The number of hydrogen-bond acceptors (Lipinski definition) is 4. The molecule has 4 saturated carbocycles. The van der Waals surface area contributed by atoms with Crippen LogP contribution in [0.3, 0.4) is 0 Å². The molecule has 30 heavy (non-hydrogen) atoms. The molecule has 0 spiro atoms. The first-order chi connectivity index (χ1) is 14.5. The first-order valence-corrected chi connectivity index (χ1v) is 11.6. The Bertz CT molecular complexity index is 963. The second-order valence-electron chi connectivity index (χ2n) is 9.39. The Morgan fingerprint density at radius 2 is 1.50 bits per heavy atom. The van der Waals surface area contributed by atoms with Gasteiger partial charge >= 0.3 is 0 Å². The zero-order chi connectivity index (χ0) is 20.9. The molecule has 0 aliphatic heterocycles. The fraction of sp³-hybridized carbons (Fsp3) is 0.440. The summed E-state index contributed by atoms with van der Waals surface area (Å²) >= 11 is 1.18. The Balaban J connectivity index is 1.43. The second kappa shape index (κ2) is 7.45. The molecule has 6 rings (SSSR count). The number of hydrogen-bond donors (Lipinski definition) is 1. The van der Waals surface area contributed by atoms with E-state index in [0.29, 0.717) is 11.1 Å². The zero-order valence-corrected chi connectivity index (χ0v) is 18.0. The summed E-state index contributed by atoms with van der Waals surface area (Å²) in [6, 6.07) is 12.8. The van der Waals surface area contributed by atoms with Gasteiger partial charge in [0.25, 0.3) is 0 Å². The fourth-order valence-corrected chi connectivity index (χ4v) is 7.27. The molecule has 0 radical (unpaired) electrons. The van der Waals surface area contributed by atoms with E-state index in [1.54, 1.807) is 31.4 Å². The van der Waals surface area contributed by atoms with Crippen molar-refractivity contribution in [3.8, 4) is 5.75 Å². The highest BCUT2D eigenvalue weighted by Gasteiger charge is 2.52. The van der Waals surface area contributed by atoms with Crippen LogP contribution in [0.1, 0.15) is 64.8 Å². The van der Waals surface area contributed by atoms with E-state index in [1.165, 1.54) is 55.9 Å².